The molecule has 12 heteroatoms. The van der Waals surface area contributed by atoms with E-state index in [1.165, 1.54) is 44.7 Å². The molecule has 0 fully saturated rings. The summed E-state index contributed by atoms with van der Waals surface area (Å²) in [6.45, 7) is 1.75. The molecular weight excluding hydrogens is 514 g/mol. The summed E-state index contributed by atoms with van der Waals surface area (Å²) in [7, 11) is -1.51. The van der Waals surface area contributed by atoms with Gasteiger partial charge in [0.1, 0.15) is 12.3 Å². The summed E-state index contributed by atoms with van der Waals surface area (Å²) in [6, 6.07) is 18.8. The molecule has 0 bridgehead atoms. The van der Waals surface area contributed by atoms with E-state index in [0.717, 1.165) is 4.31 Å². The maximum atomic E-state index is 13.4. The van der Waals surface area contributed by atoms with Crippen molar-refractivity contribution in [3.05, 3.63) is 78.4 Å². The third kappa shape index (κ3) is 7.23. The molecule has 3 rings (SSSR count). The molecule has 0 saturated carbocycles. The molecule has 1 amide bonds. The molecule has 0 aliphatic rings. The van der Waals surface area contributed by atoms with Gasteiger partial charge in [0.25, 0.3) is 15.9 Å². The van der Waals surface area contributed by atoms with Gasteiger partial charge in [-0.05, 0) is 67.1 Å². The number of benzene rings is 3. The Balaban J connectivity index is 1.76. The third-order valence-corrected chi connectivity index (χ3v) is 6.79. The van der Waals surface area contributed by atoms with Crippen molar-refractivity contribution in [2.45, 2.75) is 11.8 Å². The molecule has 0 atom stereocenters. The highest BCUT2D eigenvalue weighted by atomic mass is 32.2. The molecule has 0 heterocycles. The number of nitrogens with zero attached hydrogens (tertiary/aromatic N) is 2. The maximum Gasteiger partial charge on any atom is 0.513 e. The van der Waals surface area contributed by atoms with Crippen molar-refractivity contribution in [3.63, 3.8) is 0 Å². The number of rotatable bonds is 11. The number of ether oxygens (including phenoxy) is 4. The Morgan fingerprint density at radius 3 is 2.32 bits per heavy atom. The van der Waals surface area contributed by atoms with Crippen molar-refractivity contribution in [2.24, 2.45) is 5.10 Å². The zero-order valence-electron chi connectivity index (χ0n) is 21.0. The summed E-state index contributed by atoms with van der Waals surface area (Å²) >= 11 is 0. The number of hydrogen-bond donors (Lipinski definition) is 1. The number of carbonyl (C=O) groups excluding carboxylic acids is 2. The van der Waals surface area contributed by atoms with Crippen molar-refractivity contribution < 1.29 is 37.0 Å². The number of sulfonamides is 1. The van der Waals surface area contributed by atoms with Crippen LogP contribution < -0.4 is 23.9 Å². The first-order valence-electron chi connectivity index (χ1n) is 11.3. The van der Waals surface area contributed by atoms with Gasteiger partial charge in [0.2, 0.25) is 0 Å². The SMILES string of the molecule is CCOc1ccc(S(=O)(=O)N(CC(=O)N/N=C/c2ccc(OC(=O)OC)c(OC)c2)c2ccccc2)cc1. The number of anilines is 1. The maximum absolute atomic E-state index is 13.4. The van der Waals surface area contributed by atoms with Gasteiger partial charge in [-0.3, -0.25) is 9.10 Å². The van der Waals surface area contributed by atoms with Crippen molar-refractivity contribution in [1.82, 2.24) is 5.43 Å². The quantitative estimate of drug-likeness (QED) is 0.169. The van der Waals surface area contributed by atoms with E-state index >= 15 is 0 Å². The minimum Gasteiger partial charge on any atom is -0.494 e. The molecule has 0 saturated heterocycles. The highest BCUT2D eigenvalue weighted by molar-refractivity contribution is 7.92. The fourth-order valence-electron chi connectivity index (χ4n) is 3.24. The van der Waals surface area contributed by atoms with Crippen LogP contribution in [0.5, 0.6) is 17.2 Å². The zero-order chi connectivity index (χ0) is 27.5. The Morgan fingerprint density at radius 1 is 0.974 bits per heavy atom. The van der Waals surface area contributed by atoms with Gasteiger partial charge in [-0.1, -0.05) is 18.2 Å². The van der Waals surface area contributed by atoms with Crippen LogP contribution in [0, 0.1) is 0 Å². The van der Waals surface area contributed by atoms with E-state index in [4.69, 9.17) is 14.2 Å². The van der Waals surface area contributed by atoms with Crippen LogP contribution in [0.15, 0.2) is 82.8 Å². The number of hydrazone groups is 1. The van der Waals surface area contributed by atoms with Crippen LogP contribution in [0.4, 0.5) is 10.5 Å². The molecule has 0 aliphatic carbocycles. The normalized spacial score (nSPS) is 11.0. The van der Waals surface area contributed by atoms with Crippen LogP contribution in [0.25, 0.3) is 0 Å². The fraction of sp³-hybridized carbons (Fsp3) is 0.192. The number of carbonyl (C=O) groups is 2. The first kappa shape index (κ1) is 28.0. The molecule has 1 N–H and O–H groups in total. The van der Waals surface area contributed by atoms with Gasteiger partial charge < -0.3 is 18.9 Å². The Morgan fingerprint density at radius 2 is 1.68 bits per heavy atom. The third-order valence-electron chi connectivity index (χ3n) is 5.00. The summed E-state index contributed by atoms with van der Waals surface area (Å²) in [6.07, 6.45) is 0.427. The van der Waals surface area contributed by atoms with Gasteiger partial charge >= 0.3 is 6.16 Å². The second kappa shape index (κ2) is 13.1. The number of amides is 1. The topological polar surface area (TPSA) is 133 Å². The lowest BCUT2D eigenvalue weighted by Gasteiger charge is -2.23. The molecule has 200 valence electrons. The minimum absolute atomic E-state index is 0.00228. The van der Waals surface area contributed by atoms with Gasteiger partial charge in [-0.25, -0.2) is 18.6 Å². The summed E-state index contributed by atoms with van der Waals surface area (Å²) in [5.41, 5.74) is 3.16. The van der Waals surface area contributed by atoms with E-state index in [9.17, 15) is 18.0 Å². The molecule has 0 spiro atoms. The van der Waals surface area contributed by atoms with Crippen LogP contribution in [0.1, 0.15) is 12.5 Å². The molecule has 0 aliphatic heterocycles. The number of nitrogens with one attached hydrogen (secondary N) is 1. The smallest absolute Gasteiger partial charge is 0.494 e. The van der Waals surface area contributed by atoms with Crippen molar-refractivity contribution in [2.75, 3.05) is 31.7 Å². The number of methoxy groups -OCH3 is 2. The molecule has 0 radical (unpaired) electrons. The van der Waals surface area contributed by atoms with Gasteiger partial charge in [-0.2, -0.15) is 5.10 Å². The van der Waals surface area contributed by atoms with E-state index in [2.05, 4.69) is 15.3 Å². The highest BCUT2D eigenvalue weighted by Crippen LogP contribution is 2.28. The summed E-state index contributed by atoms with van der Waals surface area (Å²) in [5, 5.41) is 3.91. The van der Waals surface area contributed by atoms with E-state index in [-0.39, 0.29) is 16.4 Å². The average molecular weight is 542 g/mol. The van der Waals surface area contributed by atoms with Gasteiger partial charge in [0.05, 0.1) is 37.6 Å². The second-order valence-electron chi connectivity index (χ2n) is 7.51. The molecule has 38 heavy (non-hydrogen) atoms. The molecular formula is C26H27N3O8S. The molecule has 3 aromatic carbocycles. The first-order chi connectivity index (χ1) is 18.3. The Labute approximate surface area is 220 Å². The van der Waals surface area contributed by atoms with Crippen LogP contribution >= 0.6 is 0 Å². The van der Waals surface area contributed by atoms with Crippen molar-refractivity contribution in [1.29, 1.82) is 0 Å². The van der Waals surface area contributed by atoms with Gasteiger partial charge in [-0.15, -0.1) is 0 Å². The number of para-hydroxylation sites is 1. The second-order valence-corrected chi connectivity index (χ2v) is 9.37. The summed E-state index contributed by atoms with van der Waals surface area (Å²) in [4.78, 5) is 24.1. The van der Waals surface area contributed by atoms with Crippen molar-refractivity contribution >= 4 is 34.0 Å². The van der Waals surface area contributed by atoms with E-state index < -0.39 is 28.6 Å². The molecule has 11 nitrogen and oxygen atoms in total. The monoisotopic (exact) mass is 541 g/mol. The summed E-state index contributed by atoms with van der Waals surface area (Å²) < 4.78 is 47.9. The highest BCUT2D eigenvalue weighted by Gasteiger charge is 2.27. The predicted octanol–water partition coefficient (Wildman–Crippen LogP) is 3.58. The van der Waals surface area contributed by atoms with E-state index in [1.54, 1.807) is 48.5 Å². The van der Waals surface area contributed by atoms with Gasteiger partial charge in [0, 0.05) is 0 Å². The lowest BCUT2D eigenvalue weighted by Crippen LogP contribution is -2.39. The lowest BCUT2D eigenvalue weighted by molar-refractivity contribution is -0.119. The first-order valence-corrected chi connectivity index (χ1v) is 12.8. The predicted molar refractivity (Wildman–Crippen MR) is 140 cm³/mol. The molecule has 0 unspecified atom stereocenters. The van der Waals surface area contributed by atoms with E-state index in [1.807, 2.05) is 6.92 Å². The largest absolute Gasteiger partial charge is 0.513 e. The summed E-state index contributed by atoms with van der Waals surface area (Å²) in [5.74, 6) is 0.240. The Bertz CT molecular complexity index is 1380. The molecule has 3 aromatic rings. The van der Waals surface area contributed by atoms with E-state index in [0.29, 0.717) is 23.6 Å². The fourth-order valence-corrected chi connectivity index (χ4v) is 4.66. The van der Waals surface area contributed by atoms with Gasteiger partial charge in [0.15, 0.2) is 11.5 Å². The zero-order valence-corrected chi connectivity index (χ0v) is 21.8. The lowest BCUT2D eigenvalue weighted by atomic mass is 10.2. The van der Waals surface area contributed by atoms with Crippen LogP contribution in [-0.2, 0) is 19.6 Å². The minimum atomic E-state index is -4.09. The van der Waals surface area contributed by atoms with Crippen LogP contribution in [0.2, 0.25) is 0 Å². The Kier molecular flexibility index (Phi) is 9.66. The van der Waals surface area contributed by atoms with Crippen LogP contribution in [0.3, 0.4) is 0 Å². The number of hydrogen-bond acceptors (Lipinski definition) is 9. The standard InChI is InChI=1S/C26H27N3O8S/c1-4-36-21-11-13-22(14-12-21)38(32,33)29(20-8-6-5-7-9-20)18-25(30)28-27-17-19-10-15-23(24(16-19)34-2)37-26(31)35-3/h5-17H,4,18H2,1-3H3,(H,28,30)/b27-17+. The Hall–Kier alpha value is -4.58. The average Bonchev–Trinajstić information content (AvgIpc) is 2.93. The molecule has 0 aromatic heterocycles. The van der Waals surface area contributed by atoms with Crippen LogP contribution in [-0.4, -0.2) is 54.1 Å². The van der Waals surface area contributed by atoms with Crippen molar-refractivity contribution in [3.8, 4) is 17.2 Å².